The number of hydrogen-bond acceptors (Lipinski definition) is 9. The van der Waals surface area contributed by atoms with Crippen molar-refractivity contribution in [3.63, 3.8) is 0 Å². The maximum atomic E-state index is 14.9. The third-order valence-corrected chi connectivity index (χ3v) is 12.5. The minimum atomic E-state index is -4.88. The van der Waals surface area contributed by atoms with Crippen LogP contribution in [-0.4, -0.2) is 110 Å². The Morgan fingerprint density at radius 2 is 1.46 bits per heavy atom. The molecule has 0 unspecified atom stereocenters. The Hall–Kier alpha value is -7.18. The van der Waals surface area contributed by atoms with Gasteiger partial charge in [-0.15, -0.1) is 0 Å². The van der Waals surface area contributed by atoms with E-state index in [9.17, 15) is 46.7 Å². The molecular weight excluding hydrogens is 920 g/mol. The number of Topliss-reactive ketones (excluding diaryl/α,β-unsaturated/α-hetero) is 1. The van der Waals surface area contributed by atoms with Crippen LogP contribution in [0.5, 0.6) is 0 Å². The molecule has 15 nitrogen and oxygen atoms in total. The van der Waals surface area contributed by atoms with Gasteiger partial charge < -0.3 is 42.0 Å². The second-order valence-corrected chi connectivity index (χ2v) is 17.7. The SMILES string of the molecule is NCCOCCNC(=O)[C@@H]1CCNC(=O)/C=C/C(=O)N2CCC[C@](Cc3ccccc3)(C2)C(=O)N[C@@H](Cc2ccc(-c3ccc(CCC(=O)C(F)(F)F)cc3)cc2)C(=O)NCc2ccccc2CC(=O)N1. The number of nitrogens with zero attached hydrogens (tertiary/aromatic N) is 1. The molecule has 3 atom stereocenters. The second kappa shape index (κ2) is 25.6. The number of benzene rings is 4. The summed E-state index contributed by atoms with van der Waals surface area (Å²) in [6, 6.07) is 28.3. The van der Waals surface area contributed by atoms with Crippen molar-refractivity contribution in [1.82, 2.24) is 31.5 Å². The van der Waals surface area contributed by atoms with E-state index >= 15 is 0 Å². The van der Waals surface area contributed by atoms with Gasteiger partial charge in [-0.25, -0.2) is 0 Å². The number of fused-ring (bicyclic) bond motifs is 3. The maximum Gasteiger partial charge on any atom is 0.449 e. The van der Waals surface area contributed by atoms with E-state index in [1.54, 1.807) is 48.5 Å². The van der Waals surface area contributed by atoms with E-state index in [2.05, 4.69) is 26.6 Å². The molecule has 2 bridgehead atoms. The summed E-state index contributed by atoms with van der Waals surface area (Å²) in [5.74, 6) is -4.81. The van der Waals surface area contributed by atoms with Crippen molar-refractivity contribution in [2.24, 2.45) is 11.1 Å². The van der Waals surface area contributed by atoms with Crippen molar-refractivity contribution in [2.75, 3.05) is 45.9 Å². The first-order valence-electron chi connectivity index (χ1n) is 23.7. The van der Waals surface area contributed by atoms with Gasteiger partial charge in [0, 0.05) is 64.3 Å². The van der Waals surface area contributed by atoms with Gasteiger partial charge in [-0.2, -0.15) is 13.2 Å². The zero-order valence-corrected chi connectivity index (χ0v) is 39.4. The average Bonchev–Trinajstić information content (AvgIpc) is 3.36. The van der Waals surface area contributed by atoms with Crippen molar-refractivity contribution in [1.29, 1.82) is 0 Å². The van der Waals surface area contributed by atoms with Gasteiger partial charge in [0.05, 0.1) is 25.0 Å². The van der Waals surface area contributed by atoms with Crippen molar-refractivity contribution in [3.05, 3.63) is 143 Å². The number of nitrogens with two attached hydrogens (primary N) is 1. The third kappa shape index (κ3) is 15.9. The molecule has 18 heteroatoms. The number of carbonyl (C=O) groups excluding carboxylic acids is 7. The summed E-state index contributed by atoms with van der Waals surface area (Å²) in [6.07, 6.45) is -2.33. The van der Waals surface area contributed by atoms with Crippen LogP contribution in [0.15, 0.2) is 115 Å². The van der Waals surface area contributed by atoms with Crippen LogP contribution in [0, 0.1) is 5.41 Å². The third-order valence-electron chi connectivity index (χ3n) is 12.5. The second-order valence-electron chi connectivity index (χ2n) is 17.7. The molecule has 0 radical (unpaired) electrons. The van der Waals surface area contributed by atoms with Crippen molar-refractivity contribution < 1.29 is 51.5 Å². The molecule has 2 heterocycles. The minimum absolute atomic E-state index is 0.000109. The fourth-order valence-corrected chi connectivity index (χ4v) is 8.67. The highest BCUT2D eigenvalue weighted by Gasteiger charge is 2.44. The molecule has 376 valence electrons. The number of ether oxygens (including phenoxy) is 1. The molecule has 71 heavy (non-hydrogen) atoms. The van der Waals surface area contributed by atoms with Crippen LogP contribution in [0.25, 0.3) is 11.1 Å². The van der Waals surface area contributed by atoms with E-state index in [0.29, 0.717) is 54.8 Å². The molecule has 0 saturated carbocycles. The van der Waals surface area contributed by atoms with Gasteiger partial charge in [-0.3, -0.25) is 33.6 Å². The number of piperidine rings is 1. The zero-order chi connectivity index (χ0) is 50.8. The molecule has 0 spiro atoms. The molecule has 2 aliphatic rings. The van der Waals surface area contributed by atoms with Gasteiger partial charge >= 0.3 is 6.18 Å². The van der Waals surface area contributed by atoms with Crippen molar-refractivity contribution >= 4 is 41.2 Å². The van der Waals surface area contributed by atoms with Crippen LogP contribution in [0.2, 0.25) is 0 Å². The summed E-state index contributed by atoms with van der Waals surface area (Å²) in [5, 5.41) is 14.2. The van der Waals surface area contributed by atoms with E-state index < -0.39 is 71.3 Å². The first kappa shape index (κ1) is 53.2. The van der Waals surface area contributed by atoms with Crippen LogP contribution in [0.4, 0.5) is 13.2 Å². The summed E-state index contributed by atoms with van der Waals surface area (Å²) in [6.45, 7) is 1.26. The average molecular weight is 980 g/mol. The summed E-state index contributed by atoms with van der Waals surface area (Å²) in [4.78, 5) is 96.0. The Morgan fingerprint density at radius 1 is 0.789 bits per heavy atom. The highest BCUT2D eigenvalue weighted by atomic mass is 19.4. The molecular formula is C53H60F3N7O8. The van der Waals surface area contributed by atoms with E-state index in [4.69, 9.17) is 10.5 Å². The Labute approximate surface area is 410 Å². The van der Waals surface area contributed by atoms with Crippen molar-refractivity contribution in [2.45, 2.75) is 76.2 Å². The lowest BCUT2D eigenvalue weighted by atomic mass is 9.74. The standard InChI is InChI=1S/C53H60F3N7O8/c54-53(55,56)45(64)20-15-36-11-16-39(17-12-36)40-18-13-37(14-19-40)31-44-50(69)60-34-42-10-5-4-9-41(42)32-47(66)61-43(49(68)59-27-30-71-29-25-57)23-26-58-46(65)21-22-48(67)63-28-6-24-52(35-63,51(70)62-44)33-38-7-2-1-3-8-38/h1-5,7-14,16-19,21-22,43-44H,6,15,20,23-35,57H2,(H,58,65)(H,59,68)(H,60,69)(H,61,66)(H,62,70)/b22-21+/t43-,44-,52-/m0/s1. The number of halogens is 3. The smallest absolute Gasteiger partial charge is 0.378 e. The molecule has 4 aromatic carbocycles. The lowest BCUT2D eigenvalue weighted by Crippen LogP contribution is -2.58. The Morgan fingerprint density at radius 3 is 2.15 bits per heavy atom. The lowest BCUT2D eigenvalue weighted by molar-refractivity contribution is -0.171. The topological polar surface area (TPSA) is 218 Å². The summed E-state index contributed by atoms with van der Waals surface area (Å²) < 4.78 is 43.6. The highest BCUT2D eigenvalue weighted by Crippen LogP contribution is 2.35. The van der Waals surface area contributed by atoms with E-state index in [-0.39, 0.29) is 64.9 Å². The molecule has 0 aliphatic carbocycles. The molecule has 1 saturated heterocycles. The summed E-state index contributed by atoms with van der Waals surface area (Å²) in [7, 11) is 0. The molecule has 6 amide bonds. The molecule has 0 aromatic heterocycles. The number of amides is 6. The van der Waals surface area contributed by atoms with Gasteiger partial charge in [0.2, 0.25) is 41.2 Å². The van der Waals surface area contributed by atoms with Crippen LogP contribution in [-0.2, 0) is 70.5 Å². The maximum absolute atomic E-state index is 14.9. The van der Waals surface area contributed by atoms with Crippen LogP contribution < -0.4 is 32.3 Å². The van der Waals surface area contributed by atoms with Gasteiger partial charge in [0.1, 0.15) is 12.1 Å². The molecule has 6 rings (SSSR count). The molecule has 1 fully saturated rings. The first-order chi connectivity index (χ1) is 34.1. The van der Waals surface area contributed by atoms with Gasteiger partial charge in [-0.05, 0) is 71.0 Å². The monoisotopic (exact) mass is 979 g/mol. The van der Waals surface area contributed by atoms with Gasteiger partial charge in [-0.1, -0.05) is 103 Å². The lowest BCUT2D eigenvalue weighted by Gasteiger charge is -2.42. The number of hydrogen-bond donors (Lipinski definition) is 6. The predicted molar refractivity (Wildman–Crippen MR) is 259 cm³/mol. The number of nitrogens with one attached hydrogen (secondary N) is 5. The van der Waals surface area contributed by atoms with Crippen LogP contribution >= 0.6 is 0 Å². The summed E-state index contributed by atoms with van der Waals surface area (Å²) >= 11 is 0. The Kier molecular flexibility index (Phi) is 19.2. The van der Waals surface area contributed by atoms with Crippen LogP contribution in [0.3, 0.4) is 0 Å². The largest absolute Gasteiger partial charge is 0.449 e. The zero-order valence-electron chi connectivity index (χ0n) is 39.4. The quantitative estimate of drug-likeness (QED) is 0.101. The predicted octanol–water partition coefficient (Wildman–Crippen LogP) is 3.81. The molecule has 7 N–H and O–H groups in total. The first-order valence-corrected chi connectivity index (χ1v) is 23.7. The van der Waals surface area contributed by atoms with Crippen molar-refractivity contribution in [3.8, 4) is 11.1 Å². The van der Waals surface area contributed by atoms with E-state index in [1.165, 1.54) is 4.90 Å². The number of rotatable bonds is 14. The van der Waals surface area contributed by atoms with E-state index in [0.717, 1.165) is 28.8 Å². The van der Waals surface area contributed by atoms with Gasteiger partial charge in [0.15, 0.2) is 0 Å². The van der Waals surface area contributed by atoms with Gasteiger partial charge in [0.25, 0.3) is 0 Å². The Balaban J connectivity index is 1.28. The number of ketones is 1. The minimum Gasteiger partial charge on any atom is -0.378 e. The molecule has 2 aliphatic heterocycles. The number of alkyl halides is 3. The highest BCUT2D eigenvalue weighted by molar-refractivity contribution is 5.97. The fraction of sp³-hybridized carbons (Fsp3) is 0.377. The summed E-state index contributed by atoms with van der Waals surface area (Å²) in [5.41, 5.74) is 9.17. The Bertz CT molecular complexity index is 2520. The van der Waals surface area contributed by atoms with Crippen LogP contribution in [0.1, 0.15) is 53.5 Å². The molecule has 4 aromatic rings. The number of carbonyl (C=O) groups is 7. The normalized spacial score (nSPS) is 20.2. The fourth-order valence-electron chi connectivity index (χ4n) is 8.67. The number of aryl methyl sites for hydroxylation is 1. The van der Waals surface area contributed by atoms with E-state index in [1.807, 2.05) is 54.6 Å².